The van der Waals surface area contributed by atoms with Crippen LogP contribution in [0.3, 0.4) is 0 Å². The summed E-state index contributed by atoms with van der Waals surface area (Å²) in [5, 5.41) is 11.6. The van der Waals surface area contributed by atoms with Crippen LogP contribution < -0.4 is 11.1 Å². The van der Waals surface area contributed by atoms with Crippen molar-refractivity contribution in [1.82, 2.24) is 9.62 Å². The molecule has 1 saturated heterocycles. The van der Waals surface area contributed by atoms with Crippen LogP contribution in [-0.2, 0) is 25.9 Å². The van der Waals surface area contributed by atoms with Crippen molar-refractivity contribution >= 4 is 27.5 Å². The fraction of sp³-hybridized carbons (Fsp3) is 0.440. The fourth-order valence-electron chi connectivity index (χ4n) is 3.79. The lowest BCUT2D eigenvalue weighted by atomic mass is 10.0. The van der Waals surface area contributed by atoms with Crippen molar-refractivity contribution < 1.29 is 22.7 Å². The van der Waals surface area contributed by atoms with E-state index in [0.29, 0.717) is 31.7 Å². The number of anilines is 1. The van der Waals surface area contributed by atoms with E-state index in [-0.39, 0.29) is 35.7 Å². The number of carbonyl (C=O) groups is 1. The van der Waals surface area contributed by atoms with Gasteiger partial charge in [0.15, 0.2) is 0 Å². The van der Waals surface area contributed by atoms with Crippen LogP contribution in [0.25, 0.3) is 0 Å². The average Bonchev–Trinajstić information content (AvgIpc) is 3.31. The van der Waals surface area contributed by atoms with E-state index in [9.17, 15) is 13.2 Å². The van der Waals surface area contributed by atoms with E-state index in [1.807, 2.05) is 44.2 Å². The second-order valence-corrected chi connectivity index (χ2v) is 11.0. The molecule has 1 aliphatic heterocycles. The molecule has 1 fully saturated rings. The summed E-state index contributed by atoms with van der Waals surface area (Å²) >= 11 is 0. The highest BCUT2D eigenvalue weighted by Gasteiger charge is 2.30. The number of nitrogens with one attached hydrogen (secondary N) is 2. The molecular weight excluding hydrogens is 468 g/mol. The minimum Gasteiger partial charge on any atom is -0.444 e. The minimum absolute atomic E-state index is 0.0271. The highest BCUT2D eigenvalue weighted by Crippen LogP contribution is 2.19. The molecule has 0 radical (unpaired) electrons. The molecule has 0 unspecified atom stereocenters. The van der Waals surface area contributed by atoms with Gasteiger partial charge in [-0.05, 0) is 42.2 Å². The van der Waals surface area contributed by atoms with Crippen molar-refractivity contribution in [2.45, 2.75) is 43.7 Å². The number of nitrogens with zero attached hydrogens (tertiary/aromatic N) is 1. The third kappa shape index (κ3) is 7.78. The predicted molar refractivity (Wildman–Crippen MR) is 135 cm³/mol. The van der Waals surface area contributed by atoms with Gasteiger partial charge in [-0.3, -0.25) is 0 Å². The zero-order chi connectivity index (χ0) is 25.4. The van der Waals surface area contributed by atoms with Crippen LogP contribution in [0.2, 0.25) is 0 Å². The Balaban J connectivity index is 1.80. The Kier molecular flexibility index (Phi) is 9.25. The summed E-state index contributed by atoms with van der Waals surface area (Å²) in [5.74, 6) is 0.0271. The molecule has 35 heavy (non-hydrogen) atoms. The first-order valence-electron chi connectivity index (χ1n) is 11.7. The predicted octanol–water partition coefficient (Wildman–Crippen LogP) is 3.06. The molecule has 0 aromatic heterocycles. The van der Waals surface area contributed by atoms with Gasteiger partial charge in [-0.15, -0.1) is 0 Å². The summed E-state index contributed by atoms with van der Waals surface area (Å²) in [4.78, 5) is 12.7. The zero-order valence-electron chi connectivity index (χ0n) is 20.1. The van der Waals surface area contributed by atoms with E-state index in [0.717, 1.165) is 5.56 Å². The molecule has 2 aromatic carbocycles. The van der Waals surface area contributed by atoms with Gasteiger partial charge in [0.25, 0.3) is 0 Å². The van der Waals surface area contributed by atoms with Gasteiger partial charge in [-0.25, -0.2) is 13.2 Å². The Bertz CT molecular complexity index is 1080. The van der Waals surface area contributed by atoms with E-state index in [4.69, 9.17) is 20.6 Å². The van der Waals surface area contributed by atoms with Crippen LogP contribution in [0.4, 0.5) is 10.5 Å². The highest BCUT2D eigenvalue weighted by atomic mass is 32.2. The first-order valence-corrected chi connectivity index (χ1v) is 13.1. The monoisotopic (exact) mass is 502 g/mol. The number of nitrogens with two attached hydrogens (primary N) is 1. The summed E-state index contributed by atoms with van der Waals surface area (Å²) in [6.07, 6.45) is -0.0308. The van der Waals surface area contributed by atoms with Crippen molar-refractivity contribution in [3.05, 3.63) is 60.2 Å². The van der Waals surface area contributed by atoms with E-state index >= 15 is 0 Å². The van der Waals surface area contributed by atoms with E-state index in [2.05, 4.69) is 5.32 Å². The Morgan fingerprint density at radius 3 is 2.49 bits per heavy atom. The lowest BCUT2D eigenvalue weighted by Crippen LogP contribution is -2.48. The lowest BCUT2D eigenvalue weighted by Gasteiger charge is -2.28. The van der Waals surface area contributed by atoms with Gasteiger partial charge < -0.3 is 25.9 Å². The molecule has 0 aliphatic carbocycles. The van der Waals surface area contributed by atoms with Gasteiger partial charge >= 0.3 is 6.09 Å². The van der Waals surface area contributed by atoms with Crippen molar-refractivity contribution in [2.24, 2.45) is 5.92 Å². The van der Waals surface area contributed by atoms with E-state index in [1.54, 1.807) is 0 Å². The molecule has 4 N–H and O–H groups in total. The summed E-state index contributed by atoms with van der Waals surface area (Å²) in [7, 11) is -3.88. The number of hydrogen-bond donors (Lipinski definition) is 3. The SMILES string of the molecule is CC(C)CN(CC(=N)[C@H](Cc1ccccc1)NC(=O)O[C@H]1CCOC1)S(=O)(=O)c1ccc(N)cc1. The smallest absolute Gasteiger partial charge is 0.408 e. The fourth-order valence-corrected chi connectivity index (χ4v) is 5.37. The van der Waals surface area contributed by atoms with E-state index < -0.39 is 22.2 Å². The molecule has 9 nitrogen and oxygen atoms in total. The second kappa shape index (κ2) is 12.1. The maximum absolute atomic E-state index is 13.4. The van der Waals surface area contributed by atoms with Gasteiger partial charge in [0, 0.05) is 24.4 Å². The standard InChI is InChI=1S/C25H34N4O5S/c1-18(2)15-29(35(31,32)22-10-8-20(26)9-11-22)16-23(27)24(14-19-6-4-3-5-7-19)28-25(30)34-21-12-13-33-17-21/h3-11,18,21,24,27H,12-17,26H2,1-2H3,(H,28,30)/t21-,24-/m0/s1. The molecule has 2 aromatic rings. The van der Waals surface area contributed by atoms with Gasteiger partial charge in [-0.2, -0.15) is 4.31 Å². The van der Waals surface area contributed by atoms with Crippen molar-refractivity contribution in [2.75, 3.05) is 32.0 Å². The van der Waals surface area contributed by atoms with Crippen LogP contribution in [0.5, 0.6) is 0 Å². The van der Waals surface area contributed by atoms with Gasteiger partial charge in [0.2, 0.25) is 10.0 Å². The number of benzene rings is 2. The Hall–Kier alpha value is -2.95. The van der Waals surface area contributed by atoms with Crippen molar-refractivity contribution in [1.29, 1.82) is 5.41 Å². The van der Waals surface area contributed by atoms with Crippen LogP contribution in [-0.4, -0.2) is 63.0 Å². The Morgan fingerprint density at radius 1 is 1.20 bits per heavy atom. The first kappa shape index (κ1) is 26.7. The summed E-state index contributed by atoms with van der Waals surface area (Å²) in [6.45, 7) is 4.75. The summed E-state index contributed by atoms with van der Waals surface area (Å²) < 4.78 is 38.8. The van der Waals surface area contributed by atoms with E-state index in [1.165, 1.54) is 28.6 Å². The quantitative estimate of drug-likeness (QED) is 0.319. The molecule has 0 spiro atoms. The Labute approximate surface area is 207 Å². The molecule has 1 heterocycles. The van der Waals surface area contributed by atoms with Gasteiger partial charge in [0.1, 0.15) is 6.10 Å². The molecule has 1 amide bonds. The molecule has 10 heteroatoms. The number of rotatable bonds is 11. The second-order valence-electron chi connectivity index (χ2n) is 9.06. The Morgan fingerprint density at radius 2 is 1.89 bits per heavy atom. The third-order valence-corrected chi connectivity index (χ3v) is 7.42. The molecule has 0 saturated carbocycles. The van der Waals surface area contributed by atoms with Crippen LogP contribution in [0.15, 0.2) is 59.5 Å². The van der Waals surface area contributed by atoms with Crippen LogP contribution >= 0.6 is 0 Å². The largest absolute Gasteiger partial charge is 0.444 e. The highest BCUT2D eigenvalue weighted by molar-refractivity contribution is 7.89. The number of hydrogen-bond acceptors (Lipinski definition) is 7. The first-order chi connectivity index (χ1) is 16.6. The molecule has 2 atom stereocenters. The molecule has 3 rings (SSSR count). The molecule has 1 aliphatic rings. The normalized spacial score (nSPS) is 16.9. The number of alkyl carbamates (subject to hydrolysis) is 1. The number of sulfonamides is 1. The van der Waals surface area contributed by atoms with Crippen molar-refractivity contribution in [3.63, 3.8) is 0 Å². The summed E-state index contributed by atoms with van der Waals surface area (Å²) in [5.41, 5.74) is 7.16. The van der Waals surface area contributed by atoms with Crippen LogP contribution in [0, 0.1) is 11.3 Å². The molecular formula is C25H34N4O5S. The van der Waals surface area contributed by atoms with Gasteiger partial charge in [0.05, 0.1) is 30.7 Å². The molecule has 190 valence electrons. The number of nitrogen functional groups attached to an aromatic ring is 1. The minimum atomic E-state index is -3.88. The maximum atomic E-state index is 13.4. The van der Waals surface area contributed by atoms with Crippen LogP contribution in [0.1, 0.15) is 25.8 Å². The molecule has 0 bridgehead atoms. The lowest BCUT2D eigenvalue weighted by molar-refractivity contribution is 0.0821. The number of amides is 1. The maximum Gasteiger partial charge on any atom is 0.408 e. The topological polar surface area (TPSA) is 135 Å². The summed E-state index contributed by atoms with van der Waals surface area (Å²) in [6, 6.07) is 14.7. The third-order valence-electron chi connectivity index (χ3n) is 5.59. The average molecular weight is 503 g/mol. The zero-order valence-corrected chi connectivity index (χ0v) is 21.0. The van der Waals surface area contributed by atoms with Crippen molar-refractivity contribution in [3.8, 4) is 0 Å². The number of ether oxygens (including phenoxy) is 2. The van der Waals surface area contributed by atoms with Gasteiger partial charge in [-0.1, -0.05) is 44.2 Å². The number of carbonyl (C=O) groups excluding carboxylic acids is 1.